The molecule has 0 saturated heterocycles. The van der Waals surface area contributed by atoms with Crippen molar-refractivity contribution in [3.05, 3.63) is 28.2 Å². The molecule has 2 rings (SSSR count). The third kappa shape index (κ3) is 3.39. The number of carboxylic acid groups (broad SMARTS) is 1. The number of hydrogen-bond donors (Lipinski definition) is 2. The summed E-state index contributed by atoms with van der Waals surface area (Å²) in [6.07, 6.45) is 3.05. The summed E-state index contributed by atoms with van der Waals surface area (Å²) in [5.41, 5.74) is 1.70. The fourth-order valence-corrected chi connectivity index (χ4v) is 3.21. The molecule has 0 radical (unpaired) electrons. The van der Waals surface area contributed by atoms with Gasteiger partial charge < -0.3 is 10.4 Å². The SMILES string of the molecule is Cc1cc(Br)ccc1NC(=O)[C@@H]1CCCC[C@@H]1C(=O)O. The van der Waals surface area contributed by atoms with Gasteiger partial charge in [-0.3, -0.25) is 9.59 Å². The zero-order valence-corrected chi connectivity index (χ0v) is 12.9. The average Bonchev–Trinajstić information content (AvgIpc) is 2.41. The van der Waals surface area contributed by atoms with E-state index in [2.05, 4.69) is 21.2 Å². The van der Waals surface area contributed by atoms with Crippen molar-refractivity contribution < 1.29 is 14.7 Å². The van der Waals surface area contributed by atoms with E-state index in [-0.39, 0.29) is 5.91 Å². The number of aryl methyl sites for hydroxylation is 1. The Morgan fingerprint density at radius 1 is 1.25 bits per heavy atom. The first-order valence-electron chi connectivity index (χ1n) is 6.79. The third-order valence-corrected chi connectivity index (χ3v) is 4.36. The highest BCUT2D eigenvalue weighted by atomic mass is 79.9. The van der Waals surface area contributed by atoms with E-state index in [1.165, 1.54) is 0 Å². The summed E-state index contributed by atoms with van der Waals surface area (Å²) in [7, 11) is 0. The predicted molar refractivity (Wildman–Crippen MR) is 80.6 cm³/mol. The highest BCUT2D eigenvalue weighted by molar-refractivity contribution is 9.10. The second-order valence-electron chi connectivity index (χ2n) is 5.28. The smallest absolute Gasteiger partial charge is 0.307 e. The van der Waals surface area contributed by atoms with Crippen LogP contribution in [0, 0.1) is 18.8 Å². The van der Waals surface area contributed by atoms with Crippen LogP contribution in [0.4, 0.5) is 5.69 Å². The molecule has 0 aromatic heterocycles. The molecule has 1 aliphatic carbocycles. The van der Waals surface area contributed by atoms with Gasteiger partial charge in [0, 0.05) is 10.2 Å². The minimum atomic E-state index is -0.864. The van der Waals surface area contributed by atoms with Gasteiger partial charge in [0.25, 0.3) is 0 Å². The van der Waals surface area contributed by atoms with Crippen molar-refractivity contribution in [2.24, 2.45) is 11.8 Å². The molecule has 1 aromatic rings. The van der Waals surface area contributed by atoms with Gasteiger partial charge in [0.1, 0.15) is 0 Å². The molecule has 1 saturated carbocycles. The van der Waals surface area contributed by atoms with Crippen LogP contribution >= 0.6 is 15.9 Å². The number of benzene rings is 1. The van der Waals surface area contributed by atoms with Crippen LogP contribution in [0.2, 0.25) is 0 Å². The van der Waals surface area contributed by atoms with Crippen molar-refractivity contribution >= 4 is 33.5 Å². The van der Waals surface area contributed by atoms with Crippen molar-refractivity contribution in [1.29, 1.82) is 0 Å². The zero-order chi connectivity index (χ0) is 14.7. The lowest BCUT2D eigenvalue weighted by atomic mass is 9.78. The number of rotatable bonds is 3. The Kier molecular flexibility index (Phi) is 4.81. The summed E-state index contributed by atoms with van der Waals surface area (Å²) < 4.78 is 0.953. The quantitative estimate of drug-likeness (QED) is 0.884. The number of anilines is 1. The van der Waals surface area contributed by atoms with Gasteiger partial charge in [-0.2, -0.15) is 0 Å². The van der Waals surface area contributed by atoms with Crippen LogP contribution in [0.3, 0.4) is 0 Å². The topological polar surface area (TPSA) is 66.4 Å². The van der Waals surface area contributed by atoms with Crippen molar-refractivity contribution in [2.75, 3.05) is 5.32 Å². The maximum absolute atomic E-state index is 12.3. The lowest BCUT2D eigenvalue weighted by molar-refractivity contribution is -0.147. The molecule has 108 valence electrons. The van der Waals surface area contributed by atoms with Gasteiger partial charge in [-0.1, -0.05) is 28.8 Å². The van der Waals surface area contributed by atoms with E-state index in [0.717, 1.165) is 28.6 Å². The first-order chi connectivity index (χ1) is 9.49. The monoisotopic (exact) mass is 339 g/mol. The molecule has 0 unspecified atom stereocenters. The molecule has 1 fully saturated rings. The molecular formula is C15H18BrNO3. The third-order valence-electron chi connectivity index (χ3n) is 3.87. The number of aliphatic carboxylic acids is 1. The van der Waals surface area contributed by atoms with E-state index < -0.39 is 17.8 Å². The maximum Gasteiger partial charge on any atom is 0.307 e. The molecule has 0 heterocycles. The van der Waals surface area contributed by atoms with Gasteiger partial charge in [0.2, 0.25) is 5.91 Å². The van der Waals surface area contributed by atoms with Gasteiger partial charge in [-0.15, -0.1) is 0 Å². The van der Waals surface area contributed by atoms with E-state index in [9.17, 15) is 14.7 Å². The van der Waals surface area contributed by atoms with Crippen LogP contribution in [0.15, 0.2) is 22.7 Å². The van der Waals surface area contributed by atoms with Crippen LogP contribution in [-0.2, 0) is 9.59 Å². The molecule has 5 heteroatoms. The Bertz CT molecular complexity index is 530. The number of hydrogen-bond acceptors (Lipinski definition) is 2. The molecule has 2 atom stereocenters. The normalized spacial score (nSPS) is 22.3. The molecule has 0 spiro atoms. The van der Waals surface area contributed by atoms with E-state index in [1.807, 2.05) is 25.1 Å². The summed E-state index contributed by atoms with van der Waals surface area (Å²) in [6.45, 7) is 1.91. The second kappa shape index (κ2) is 6.39. The van der Waals surface area contributed by atoms with Crippen molar-refractivity contribution in [3.63, 3.8) is 0 Å². The summed E-state index contributed by atoms with van der Waals surface area (Å²) >= 11 is 3.38. The molecule has 4 nitrogen and oxygen atoms in total. The minimum absolute atomic E-state index is 0.178. The van der Waals surface area contributed by atoms with Gasteiger partial charge in [-0.25, -0.2) is 0 Å². The van der Waals surface area contributed by atoms with E-state index in [0.29, 0.717) is 12.8 Å². The highest BCUT2D eigenvalue weighted by Gasteiger charge is 2.35. The molecule has 0 bridgehead atoms. The second-order valence-corrected chi connectivity index (χ2v) is 6.20. The van der Waals surface area contributed by atoms with Gasteiger partial charge >= 0.3 is 5.97 Å². The number of carbonyl (C=O) groups is 2. The number of carboxylic acids is 1. The van der Waals surface area contributed by atoms with E-state index in [4.69, 9.17) is 0 Å². The van der Waals surface area contributed by atoms with Crippen LogP contribution in [0.25, 0.3) is 0 Å². The molecule has 1 amide bonds. The number of halogens is 1. The molecule has 2 N–H and O–H groups in total. The number of amides is 1. The van der Waals surface area contributed by atoms with Gasteiger partial charge in [0.05, 0.1) is 11.8 Å². The highest BCUT2D eigenvalue weighted by Crippen LogP contribution is 2.31. The predicted octanol–water partition coefficient (Wildman–Crippen LogP) is 3.59. The van der Waals surface area contributed by atoms with Crippen molar-refractivity contribution in [3.8, 4) is 0 Å². The molecule has 20 heavy (non-hydrogen) atoms. The molecule has 0 aliphatic heterocycles. The number of carbonyl (C=O) groups excluding carboxylic acids is 1. The summed E-state index contributed by atoms with van der Waals surface area (Å²) in [5.74, 6) is -2.02. The summed E-state index contributed by atoms with van der Waals surface area (Å²) in [4.78, 5) is 23.6. The number of nitrogens with one attached hydrogen (secondary N) is 1. The Labute approximate surface area is 126 Å². The lowest BCUT2D eigenvalue weighted by Crippen LogP contribution is -2.36. The summed E-state index contributed by atoms with van der Waals surface area (Å²) in [5, 5.41) is 12.1. The van der Waals surface area contributed by atoms with Crippen LogP contribution in [0.5, 0.6) is 0 Å². The standard InChI is InChI=1S/C15H18BrNO3/c1-9-8-10(16)6-7-13(9)17-14(18)11-4-2-3-5-12(11)15(19)20/h6-8,11-12H,2-5H2,1H3,(H,17,18)(H,19,20)/t11-,12+/m1/s1. The van der Waals surface area contributed by atoms with Gasteiger partial charge in [-0.05, 0) is 43.5 Å². The van der Waals surface area contributed by atoms with E-state index in [1.54, 1.807) is 0 Å². The summed E-state index contributed by atoms with van der Waals surface area (Å²) in [6, 6.07) is 5.61. The zero-order valence-electron chi connectivity index (χ0n) is 11.4. The first kappa shape index (κ1) is 15.0. The van der Waals surface area contributed by atoms with Crippen molar-refractivity contribution in [2.45, 2.75) is 32.6 Å². The largest absolute Gasteiger partial charge is 0.481 e. The Balaban J connectivity index is 2.12. The Hall–Kier alpha value is -1.36. The van der Waals surface area contributed by atoms with Crippen LogP contribution in [-0.4, -0.2) is 17.0 Å². The minimum Gasteiger partial charge on any atom is -0.481 e. The van der Waals surface area contributed by atoms with Crippen molar-refractivity contribution in [1.82, 2.24) is 0 Å². The fourth-order valence-electron chi connectivity index (χ4n) is 2.73. The first-order valence-corrected chi connectivity index (χ1v) is 7.58. The Morgan fingerprint density at radius 3 is 2.50 bits per heavy atom. The van der Waals surface area contributed by atoms with Crippen LogP contribution in [0.1, 0.15) is 31.2 Å². The van der Waals surface area contributed by atoms with E-state index >= 15 is 0 Å². The average molecular weight is 340 g/mol. The van der Waals surface area contributed by atoms with Crippen LogP contribution < -0.4 is 5.32 Å². The fraction of sp³-hybridized carbons (Fsp3) is 0.467. The Morgan fingerprint density at radius 2 is 1.90 bits per heavy atom. The maximum atomic E-state index is 12.3. The molecular weight excluding hydrogens is 322 g/mol. The molecule has 1 aromatic carbocycles. The van der Waals surface area contributed by atoms with Gasteiger partial charge in [0.15, 0.2) is 0 Å². The lowest BCUT2D eigenvalue weighted by Gasteiger charge is -2.27. The molecule has 1 aliphatic rings.